The number of nitrogens with zero attached hydrogens (tertiary/aromatic N) is 2. The highest BCUT2D eigenvalue weighted by molar-refractivity contribution is 8.00. The summed E-state index contributed by atoms with van der Waals surface area (Å²) in [5.74, 6) is -0.0459. The number of thioether (sulfide) groups is 1. The van der Waals surface area contributed by atoms with E-state index in [1.165, 1.54) is 0 Å². The molecule has 1 amide bonds. The van der Waals surface area contributed by atoms with Gasteiger partial charge in [-0.25, -0.2) is 4.98 Å². The number of nitrogens with one attached hydrogen (secondary N) is 1. The van der Waals surface area contributed by atoms with E-state index >= 15 is 0 Å². The summed E-state index contributed by atoms with van der Waals surface area (Å²) in [6.45, 7) is 0. The van der Waals surface area contributed by atoms with Crippen LogP contribution in [-0.4, -0.2) is 15.5 Å². The molecule has 1 unspecified atom stereocenters. The van der Waals surface area contributed by atoms with E-state index in [1.807, 2.05) is 95.7 Å². The molecule has 4 aromatic rings. The minimum atomic E-state index is -0.336. The second-order valence-electron chi connectivity index (χ2n) is 6.23. The number of benzene rings is 3. The van der Waals surface area contributed by atoms with E-state index in [-0.39, 0.29) is 11.2 Å². The van der Waals surface area contributed by atoms with E-state index in [1.54, 1.807) is 24.3 Å². The number of aromatic nitrogens is 2. The first-order valence-corrected chi connectivity index (χ1v) is 9.83. The molecule has 1 N–H and O–H groups in total. The summed E-state index contributed by atoms with van der Waals surface area (Å²) in [6.07, 6.45) is 5.37. The van der Waals surface area contributed by atoms with Gasteiger partial charge in [0, 0.05) is 28.7 Å². The summed E-state index contributed by atoms with van der Waals surface area (Å²) >= 11 is 1.55. The molecule has 0 spiro atoms. The maximum Gasteiger partial charge on any atom is 0.242 e. The van der Waals surface area contributed by atoms with Crippen molar-refractivity contribution in [1.29, 1.82) is 0 Å². The Bertz CT molecular complexity index is 1020. The van der Waals surface area contributed by atoms with E-state index in [9.17, 15) is 4.79 Å². The van der Waals surface area contributed by atoms with Gasteiger partial charge in [0.1, 0.15) is 5.25 Å². The van der Waals surface area contributed by atoms with Crippen LogP contribution >= 0.6 is 11.8 Å². The van der Waals surface area contributed by atoms with Gasteiger partial charge in [0.15, 0.2) is 0 Å². The Balaban J connectivity index is 1.53. The summed E-state index contributed by atoms with van der Waals surface area (Å²) in [5.41, 5.74) is 2.74. The third-order valence-corrected chi connectivity index (χ3v) is 5.54. The zero-order chi connectivity index (χ0) is 19.2. The predicted molar refractivity (Wildman–Crippen MR) is 114 cm³/mol. The Labute approximate surface area is 168 Å². The Kier molecular flexibility index (Phi) is 5.54. The molecule has 28 heavy (non-hydrogen) atoms. The fourth-order valence-corrected chi connectivity index (χ4v) is 3.92. The van der Waals surface area contributed by atoms with Crippen molar-refractivity contribution >= 4 is 23.4 Å². The molecule has 0 radical (unpaired) electrons. The van der Waals surface area contributed by atoms with Crippen molar-refractivity contribution in [2.45, 2.75) is 10.1 Å². The number of rotatable bonds is 6. The average Bonchev–Trinajstić information content (AvgIpc) is 3.29. The second kappa shape index (κ2) is 8.59. The molecule has 5 heteroatoms. The number of hydrogen-bond acceptors (Lipinski definition) is 3. The lowest BCUT2D eigenvalue weighted by molar-refractivity contribution is -0.115. The predicted octanol–water partition coefficient (Wildman–Crippen LogP) is 5.34. The summed E-state index contributed by atoms with van der Waals surface area (Å²) in [6, 6.07) is 27.6. The lowest BCUT2D eigenvalue weighted by Crippen LogP contribution is -2.19. The van der Waals surface area contributed by atoms with Gasteiger partial charge in [-0.05, 0) is 42.0 Å². The fraction of sp³-hybridized carbons (Fsp3) is 0.0435. The van der Waals surface area contributed by atoms with Crippen LogP contribution in [-0.2, 0) is 4.79 Å². The van der Waals surface area contributed by atoms with Crippen molar-refractivity contribution in [3.05, 3.63) is 109 Å². The van der Waals surface area contributed by atoms with Crippen molar-refractivity contribution in [2.75, 3.05) is 5.32 Å². The Morgan fingerprint density at radius 3 is 2.21 bits per heavy atom. The zero-order valence-electron chi connectivity index (χ0n) is 15.1. The van der Waals surface area contributed by atoms with Gasteiger partial charge in [-0.15, -0.1) is 11.8 Å². The molecule has 0 saturated carbocycles. The molecule has 4 rings (SSSR count). The maximum absolute atomic E-state index is 13.1. The first kappa shape index (κ1) is 18.1. The largest absolute Gasteiger partial charge is 0.325 e. The van der Waals surface area contributed by atoms with Crippen LogP contribution in [0.1, 0.15) is 10.8 Å². The van der Waals surface area contributed by atoms with Gasteiger partial charge >= 0.3 is 0 Å². The van der Waals surface area contributed by atoms with Crippen LogP contribution in [0.15, 0.2) is 109 Å². The number of anilines is 1. The summed E-state index contributed by atoms with van der Waals surface area (Å²) in [7, 11) is 0. The Morgan fingerprint density at radius 2 is 1.57 bits per heavy atom. The first-order chi connectivity index (χ1) is 13.8. The summed E-state index contributed by atoms with van der Waals surface area (Å²) in [4.78, 5) is 18.2. The quantitative estimate of drug-likeness (QED) is 0.456. The molecular formula is C23H19N3OS. The molecule has 3 aromatic carbocycles. The molecular weight excluding hydrogens is 366 g/mol. The van der Waals surface area contributed by atoms with Gasteiger partial charge < -0.3 is 9.88 Å². The van der Waals surface area contributed by atoms with Crippen molar-refractivity contribution in [2.24, 2.45) is 0 Å². The summed E-state index contributed by atoms with van der Waals surface area (Å²) < 4.78 is 1.92. The fourth-order valence-electron chi connectivity index (χ4n) is 2.87. The zero-order valence-corrected chi connectivity index (χ0v) is 15.9. The third kappa shape index (κ3) is 4.32. The highest BCUT2D eigenvalue weighted by Crippen LogP contribution is 2.36. The van der Waals surface area contributed by atoms with Crippen molar-refractivity contribution in [1.82, 2.24) is 9.55 Å². The Hall–Kier alpha value is -3.31. The average molecular weight is 385 g/mol. The lowest BCUT2D eigenvalue weighted by atomic mass is 10.1. The van der Waals surface area contributed by atoms with Crippen molar-refractivity contribution < 1.29 is 4.79 Å². The SMILES string of the molecule is O=C(Nc1ccc(-n2ccnc2)cc1)C(Sc1ccccc1)c1ccccc1. The van der Waals surface area contributed by atoms with Crippen LogP contribution in [0.4, 0.5) is 5.69 Å². The highest BCUT2D eigenvalue weighted by Gasteiger charge is 2.22. The van der Waals surface area contributed by atoms with Crippen LogP contribution in [0.3, 0.4) is 0 Å². The van der Waals surface area contributed by atoms with Gasteiger partial charge in [0.2, 0.25) is 5.91 Å². The lowest BCUT2D eigenvalue weighted by Gasteiger charge is -2.17. The molecule has 0 bridgehead atoms. The van der Waals surface area contributed by atoms with Crippen molar-refractivity contribution in [3.63, 3.8) is 0 Å². The molecule has 0 aliphatic carbocycles. The maximum atomic E-state index is 13.1. The monoisotopic (exact) mass is 385 g/mol. The molecule has 0 aliphatic rings. The van der Waals surface area contributed by atoms with Gasteiger partial charge in [-0.2, -0.15) is 0 Å². The van der Waals surface area contributed by atoms with E-state index in [0.29, 0.717) is 0 Å². The highest BCUT2D eigenvalue weighted by atomic mass is 32.2. The smallest absolute Gasteiger partial charge is 0.242 e. The molecule has 4 nitrogen and oxygen atoms in total. The molecule has 1 heterocycles. The molecule has 0 aliphatic heterocycles. The van der Waals surface area contributed by atoms with E-state index in [0.717, 1.165) is 21.8 Å². The van der Waals surface area contributed by atoms with Crippen LogP contribution in [0.25, 0.3) is 5.69 Å². The normalized spacial score (nSPS) is 11.7. The van der Waals surface area contributed by atoms with Gasteiger partial charge in [0.25, 0.3) is 0 Å². The van der Waals surface area contributed by atoms with Crippen LogP contribution in [0, 0.1) is 0 Å². The van der Waals surface area contributed by atoms with Crippen LogP contribution in [0.2, 0.25) is 0 Å². The number of carbonyl (C=O) groups is 1. The molecule has 0 fully saturated rings. The molecule has 138 valence electrons. The third-order valence-electron chi connectivity index (χ3n) is 4.27. The molecule has 1 atom stereocenters. The number of imidazole rings is 1. The molecule has 1 aromatic heterocycles. The van der Waals surface area contributed by atoms with E-state index < -0.39 is 0 Å². The van der Waals surface area contributed by atoms with Gasteiger partial charge in [-0.1, -0.05) is 48.5 Å². The van der Waals surface area contributed by atoms with Crippen LogP contribution < -0.4 is 5.32 Å². The number of carbonyl (C=O) groups excluding carboxylic acids is 1. The minimum absolute atomic E-state index is 0.0459. The minimum Gasteiger partial charge on any atom is -0.325 e. The second-order valence-corrected chi connectivity index (χ2v) is 7.41. The Morgan fingerprint density at radius 1 is 0.893 bits per heavy atom. The van der Waals surface area contributed by atoms with Crippen molar-refractivity contribution in [3.8, 4) is 5.69 Å². The van der Waals surface area contributed by atoms with E-state index in [2.05, 4.69) is 10.3 Å². The standard InChI is InChI=1S/C23H19N3OS/c27-23(25-19-11-13-20(14-12-19)26-16-15-24-17-26)22(18-7-3-1-4-8-18)28-21-9-5-2-6-10-21/h1-17,22H,(H,25,27). The van der Waals surface area contributed by atoms with Crippen LogP contribution in [0.5, 0.6) is 0 Å². The summed E-state index contributed by atoms with van der Waals surface area (Å²) in [5, 5.41) is 2.71. The van der Waals surface area contributed by atoms with E-state index in [4.69, 9.17) is 0 Å². The first-order valence-electron chi connectivity index (χ1n) is 8.95. The number of amides is 1. The molecule has 0 saturated heterocycles. The van der Waals surface area contributed by atoms with Gasteiger partial charge in [-0.3, -0.25) is 4.79 Å². The topological polar surface area (TPSA) is 46.9 Å². The number of hydrogen-bond donors (Lipinski definition) is 1. The van der Waals surface area contributed by atoms with Gasteiger partial charge in [0.05, 0.1) is 6.33 Å².